The van der Waals surface area contributed by atoms with Crippen molar-refractivity contribution in [2.75, 3.05) is 30.5 Å². The SMILES string of the molecule is COCCN1C(=O)CCc2cc(NC(=O)NCc3ccc(C(=O)O)cc3)ccc21. The molecular weight excluding hydrogens is 374 g/mol. The molecule has 3 N–H and O–H groups in total. The molecule has 0 aromatic heterocycles. The number of urea groups is 1. The molecule has 152 valence electrons. The number of carboxylic acids is 1. The van der Waals surface area contributed by atoms with E-state index in [0.29, 0.717) is 31.7 Å². The first-order valence-corrected chi connectivity index (χ1v) is 9.27. The standard InChI is InChI=1S/C21H23N3O5/c1-29-11-10-24-18-8-7-17(12-16(18)6-9-19(24)25)23-21(28)22-13-14-2-4-15(5-3-14)20(26)27/h2-5,7-8,12H,6,9-11,13H2,1H3,(H,26,27)(H2,22,23,28). The van der Waals surface area contributed by atoms with E-state index in [1.54, 1.807) is 30.2 Å². The van der Waals surface area contributed by atoms with Gasteiger partial charge < -0.3 is 25.4 Å². The number of benzene rings is 2. The second kappa shape index (κ2) is 9.20. The third-order valence-electron chi connectivity index (χ3n) is 4.71. The van der Waals surface area contributed by atoms with Crippen molar-refractivity contribution in [3.8, 4) is 0 Å². The number of methoxy groups -OCH3 is 1. The normalized spacial score (nSPS) is 13.0. The highest BCUT2D eigenvalue weighted by atomic mass is 16.5. The highest BCUT2D eigenvalue weighted by molar-refractivity contribution is 5.97. The van der Waals surface area contributed by atoms with Crippen LogP contribution in [-0.4, -0.2) is 43.3 Å². The summed E-state index contributed by atoms with van der Waals surface area (Å²) in [5.74, 6) is -0.918. The van der Waals surface area contributed by atoms with Gasteiger partial charge in [0.2, 0.25) is 5.91 Å². The van der Waals surface area contributed by atoms with Gasteiger partial charge in [0, 0.05) is 38.0 Å². The first-order valence-electron chi connectivity index (χ1n) is 9.27. The number of amides is 3. The molecular formula is C21H23N3O5. The van der Waals surface area contributed by atoms with Crippen LogP contribution >= 0.6 is 0 Å². The summed E-state index contributed by atoms with van der Waals surface area (Å²) in [5, 5.41) is 14.4. The van der Waals surface area contributed by atoms with E-state index >= 15 is 0 Å². The number of ether oxygens (including phenoxy) is 1. The van der Waals surface area contributed by atoms with Gasteiger partial charge in [-0.1, -0.05) is 12.1 Å². The van der Waals surface area contributed by atoms with Gasteiger partial charge >= 0.3 is 12.0 Å². The number of fused-ring (bicyclic) bond motifs is 1. The van der Waals surface area contributed by atoms with E-state index in [1.807, 2.05) is 12.1 Å². The fraction of sp³-hybridized carbons (Fsp3) is 0.286. The fourth-order valence-electron chi connectivity index (χ4n) is 3.19. The van der Waals surface area contributed by atoms with Crippen molar-refractivity contribution in [1.82, 2.24) is 5.32 Å². The fourth-order valence-corrected chi connectivity index (χ4v) is 3.19. The molecule has 2 aromatic carbocycles. The maximum atomic E-state index is 12.2. The first-order chi connectivity index (χ1) is 14.0. The lowest BCUT2D eigenvalue weighted by molar-refractivity contribution is -0.119. The lowest BCUT2D eigenvalue weighted by Gasteiger charge is -2.29. The number of carbonyl (C=O) groups excluding carboxylic acids is 2. The molecule has 1 heterocycles. The van der Waals surface area contributed by atoms with Gasteiger partial charge in [0.1, 0.15) is 0 Å². The molecule has 0 saturated heterocycles. The van der Waals surface area contributed by atoms with E-state index in [2.05, 4.69) is 10.6 Å². The predicted octanol–water partition coefficient (Wildman–Crippen LogP) is 2.63. The van der Waals surface area contributed by atoms with Crippen molar-refractivity contribution >= 4 is 29.3 Å². The Hall–Kier alpha value is -3.39. The minimum absolute atomic E-state index is 0.0712. The molecule has 1 aliphatic rings. The Kier molecular flexibility index (Phi) is 6.46. The maximum absolute atomic E-state index is 12.2. The molecule has 0 atom stereocenters. The molecule has 0 saturated carbocycles. The molecule has 3 amide bonds. The second-order valence-electron chi connectivity index (χ2n) is 6.69. The molecule has 29 heavy (non-hydrogen) atoms. The zero-order valence-corrected chi connectivity index (χ0v) is 16.1. The minimum atomic E-state index is -0.989. The van der Waals surface area contributed by atoms with E-state index in [-0.39, 0.29) is 24.0 Å². The summed E-state index contributed by atoms with van der Waals surface area (Å²) in [4.78, 5) is 36.9. The van der Waals surface area contributed by atoms with Crippen LogP contribution in [0, 0.1) is 0 Å². The van der Waals surface area contributed by atoms with Crippen LogP contribution in [-0.2, 0) is 22.5 Å². The topological polar surface area (TPSA) is 108 Å². The Bertz CT molecular complexity index is 911. The summed E-state index contributed by atoms with van der Waals surface area (Å²) in [6, 6.07) is 11.4. The van der Waals surface area contributed by atoms with Gasteiger partial charge in [0.15, 0.2) is 0 Å². The number of nitrogens with one attached hydrogen (secondary N) is 2. The number of rotatable bonds is 7. The zero-order chi connectivity index (χ0) is 20.8. The van der Waals surface area contributed by atoms with Crippen LogP contribution in [0.2, 0.25) is 0 Å². The zero-order valence-electron chi connectivity index (χ0n) is 16.1. The number of aromatic carboxylic acids is 1. The van der Waals surface area contributed by atoms with Gasteiger partial charge in [-0.2, -0.15) is 0 Å². The average molecular weight is 397 g/mol. The van der Waals surface area contributed by atoms with Gasteiger partial charge in [0.25, 0.3) is 0 Å². The van der Waals surface area contributed by atoms with E-state index in [0.717, 1.165) is 16.8 Å². The van der Waals surface area contributed by atoms with Crippen LogP contribution in [0.25, 0.3) is 0 Å². The molecule has 0 aliphatic carbocycles. The van der Waals surface area contributed by atoms with Crippen molar-refractivity contribution in [2.45, 2.75) is 19.4 Å². The number of nitrogens with zero attached hydrogens (tertiary/aromatic N) is 1. The summed E-state index contributed by atoms with van der Waals surface area (Å²) in [5.41, 5.74) is 3.49. The third kappa shape index (κ3) is 5.11. The molecule has 0 spiro atoms. The Morgan fingerprint density at radius 1 is 1.14 bits per heavy atom. The second-order valence-corrected chi connectivity index (χ2v) is 6.69. The smallest absolute Gasteiger partial charge is 0.335 e. The summed E-state index contributed by atoms with van der Waals surface area (Å²) in [7, 11) is 1.60. The van der Waals surface area contributed by atoms with Gasteiger partial charge in [-0.15, -0.1) is 0 Å². The molecule has 0 radical (unpaired) electrons. The summed E-state index contributed by atoms with van der Waals surface area (Å²) in [6.07, 6.45) is 1.06. The highest BCUT2D eigenvalue weighted by Gasteiger charge is 2.24. The minimum Gasteiger partial charge on any atom is -0.478 e. The molecule has 8 nitrogen and oxygen atoms in total. The predicted molar refractivity (Wildman–Crippen MR) is 108 cm³/mol. The lowest BCUT2D eigenvalue weighted by Crippen LogP contribution is -2.37. The van der Waals surface area contributed by atoms with E-state index in [9.17, 15) is 14.4 Å². The van der Waals surface area contributed by atoms with Crippen molar-refractivity contribution in [3.05, 3.63) is 59.2 Å². The number of anilines is 2. The number of carboxylic acid groups (broad SMARTS) is 1. The van der Waals surface area contributed by atoms with Crippen LogP contribution < -0.4 is 15.5 Å². The molecule has 8 heteroatoms. The molecule has 0 fully saturated rings. The van der Waals surface area contributed by atoms with Crippen molar-refractivity contribution in [2.24, 2.45) is 0 Å². The van der Waals surface area contributed by atoms with E-state index in [1.165, 1.54) is 12.1 Å². The van der Waals surface area contributed by atoms with Gasteiger partial charge in [-0.25, -0.2) is 9.59 Å². The molecule has 1 aliphatic heterocycles. The Morgan fingerprint density at radius 3 is 2.59 bits per heavy atom. The van der Waals surface area contributed by atoms with Crippen molar-refractivity contribution in [1.29, 1.82) is 0 Å². The van der Waals surface area contributed by atoms with Gasteiger partial charge in [-0.3, -0.25) is 4.79 Å². The third-order valence-corrected chi connectivity index (χ3v) is 4.71. The molecule has 0 unspecified atom stereocenters. The van der Waals surface area contributed by atoms with E-state index in [4.69, 9.17) is 9.84 Å². The molecule has 2 aromatic rings. The average Bonchev–Trinajstić information content (AvgIpc) is 2.72. The van der Waals surface area contributed by atoms with Gasteiger partial charge in [-0.05, 0) is 47.9 Å². The first kappa shape index (κ1) is 20.3. The van der Waals surface area contributed by atoms with Crippen molar-refractivity contribution < 1.29 is 24.2 Å². The molecule has 3 rings (SSSR count). The van der Waals surface area contributed by atoms with Crippen LogP contribution in [0.1, 0.15) is 27.9 Å². The van der Waals surface area contributed by atoms with Gasteiger partial charge in [0.05, 0.1) is 12.2 Å². The molecule has 0 bridgehead atoms. The highest BCUT2D eigenvalue weighted by Crippen LogP contribution is 2.30. The lowest BCUT2D eigenvalue weighted by atomic mass is 10.0. The summed E-state index contributed by atoms with van der Waals surface area (Å²) >= 11 is 0. The maximum Gasteiger partial charge on any atom is 0.335 e. The summed E-state index contributed by atoms with van der Waals surface area (Å²) < 4.78 is 5.08. The number of hydrogen-bond donors (Lipinski definition) is 3. The monoisotopic (exact) mass is 397 g/mol. The Labute approximate surface area is 168 Å². The Morgan fingerprint density at radius 2 is 1.90 bits per heavy atom. The number of aryl methyl sites for hydroxylation is 1. The quantitative estimate of drug-likeness (QED) is 0.666. The van der Waals surface area contributed by atoms with Crippen molar-refractivity contribution in [3.63, 3.8) is 0 Å². The number of carbonyl (C=O) groups is 3. The van der Waals surface area contributed by atoms with Crippen LogP contribution in [0.4, 0.5) is 16.2 Å². The number of hydrogen-bond acceptors (Lipinski definition) is 4. The van der Waals surface area contributed by atoms with Crippen LogP contribution in [0.3, 0.4) is 0 Å². The van der Waals surface area contributed by atoms with Crippen LogP contribution in [0.15, 0.2) is 42.5 Å². The van der Waals surface area contributed by atoms with Crippen LogP contribution in [0.5, 0.6) is 0 Å². The largest absolute Gasteiger partial charge is 0.478 e. The summed E-state index contributed by atoms with van der Waals surface area (Å²) in [6.45, 7) is 1.23. The van der Waals surface area contributed by atoms with E-state index < -0.39 is 5.97 Å². The Balaban J connectivity index is 1.59.